The molecule has 0 spiro atoms. The van der Waals surface area contributed by atoms with Gasteiger partial charge >= 0.3 is 18.3 Å². The Labute approximate surface area is 413 Å². The Morgan fingerprint density at radius 3 is 1.34 bits per heavy atom. The minimum absolute atomic E-state index is 0.0754. The Bertz CT molecular complexity index is 2480. The summed E-state index contributed by atoms with van der Waals surface area (Å²) in [5.41, 5.74) is 12.8. The molecular formula is C46H54Cl2F8N10O5. The van der Waals surface area contributed by atoms with Crippen LogP contribution in [-0.4, -0.2) is 124 Å². The molecule has 2 aliphatic rings. The van der Waals surface area contributed by atoms with E-state index in [1.165, 1.54) is 49.1 Å². The van der Waals surface area contributed by atoms with Gasteiger partial charge in [0.2, 0.25) is 5.91 Å². The summed E-state index contributed by atoms with van der Waals surface area (Å²) in [6, 6.07) is 8.37. The molecule has 3 amide bonds. The number of rotatable bonds is 19. The molecule has 71 heavy (non-hydrogen) atoms. The second-order valence-corrected chi connectivity index (χ2v) is 18.6. The number of hydrogen-bond acceptors (Lipinski definition) is 11. The number of carboxylic acids is 1. The fourth-order valence-electron chi connectivity index (χ4n) is 7.89. The van der Waals surface area contributed by atoms with Gasteiger partial charge in [-0.1, -0.05) is 35.3 Å². The molecule has 2 aromatic heterocycles. The van der Waals surface area contributed by atoms with Gasteiger partial charge in [0.25, 0.3) is 11.8 Å². The highest BCUT2D eigenvalue weighted by atomic mass is 35.5. The van der Waals surface area contributed by atoms with Gasteiger partial charge < -0.3 is 37.4 Å². The molecule has 0 radical (unpaired) electrons. The number of nitrogens with two attached hydrogens (primary N) is 3. The van der Waals surface area contributed by atoms with Crippen molar-refractivity contribution in [2.75, 3.05) is 41.3 Å². The minimum Gasteiger partial charge on any atom is -0.481 e. The standard InChI is InChI=1S/C23H26ClF4N5O2.C12H18FN3O.C11H10ClF3N2O2/c1-33(2)15(7-13-3-4-16(20(29)35)18(25)8-13)12-30-19(34)9-17(21-31-10-14(24)11-32-21)22(5-6-22)23(26,27)28;1-16(2)9(7-14)5-8-3-4-10(12(15)17)11(13)6-8;12-6-4-16-9(17-5-6)7(3-8(18)19)10(1-2-10)11(13,14)15/h3-4,8,10-11,15,17H,5-7,9,12H2,1-2H3,(H2,29,35)(H,30,34);3-4,6,9H,5,7,14H2,1-2H3,(H2,15,17);4-5,7H,1-3H2,(H,18,19)/t15-,17?;9-;/m00./s1. The largest absolute Gasteiger partial charge is 0.481 e. The summed E-state index contributed by atoms with van der Waals surface area (Å²) in [5.74, 6) is -7.56. The van der Waals surface area contributed by atoms with Gasteiger partial charge in [-0.25, -0.2) is 28.7 Å². The number of carboxylic acid groups (broad SMARTS) is 1. The maximum atomic E-state index is 14.1. The topological polar surface area (TPSA) is 237 Å². The third-order valence-electron chi connectivity index (χ3n) is 12.5. The number of benzene rings is 2. The number of amides is 3. The quantitative estimate of drug-likeness (QED) is 0.0606. The van der Waals surface area contributed by atoms with E-state index < -0.39 is 83.2 Å². The van der Waals surface area contributed by atoms with Gasteiger partial charge in [-0.2, -0.15) is 26.3 Å². The summed E-state index contributed by atoms with van der Waals surface area (Å²) in [6.07, 6.45) is -4.73. The average molecular weight is 1050 g/mol. The van der Waals surface area contributed by atoms with Crippen LogP contribution < -0.4 is 22.5 Å². The number of aliphatic carboxylic acids is 1. The van der Waals surface area contributed by atoms with E-state index >= 15 is 0 Å². The Kier molecular flexibility index (Phi) is 19.8. The van der Waals surface area contributed by atoms with E-state index in [2.05, 4.69) is 25.3 Å². The zero-order chi connectivity index (χ0) is 53.2. The van der Waals surface area contributed by atoms with Crippen molar-refractivity contribution in [3.8, 4) is 0 Å². The lowest BCUT2D eigenvalue weighted by Crippen LogP contribution is -2.43. The van der Waals surface area contributed by atoms with Crippen molar-refractivity contribution in [1.29, 1.82) is 0 Å². The SMILES string of the molecule is CN(C)[C@H](CN)Cc1ccc(C(N)=O)c(F)c1.CN(C)[C@H](CNC(=O)CC(c1ncc(Cl)cn1)C1(C(F)(F)F)CC1)Cc1ccc(C(N)=O)c(F)c1.O=C(O)CC(c1ncc(Cl)cn1)C1(C(F)(F)F)CC1. The van der Waals surface area contributed by atoms with Crippen molar-refractivity contribution in [2.24, 2.45) is 28.0 Å². The van der Waals surface area contributed by atoms with Crippen molar-refractivity contribution in [3.63, 3.8) is 0 Å². The minimum atomic E-state index is -4.51. The molecule has 0 bridgehead atoms. The highest BCUT2D eigenvalue weighted by Gasteiger charge is 2.69. The molecule has 0 aliphatic heterocycles. The van der Waals surface area contributed by atoms with Gasteiger partial charge in [-0.3, -0.25) is 19.2 Å². The molecule has 388 valence electrons. The monoisotopic (exact) mass is 1050 g/mol. The fraction of sp³-hybridized carbons (Fsp3) is 0.478. The van der Waals surface area contributed by atoms with E-state index in [0.29, 0.717) is 24.9 Å². The predicted octanol–water partition coefficient (Wildman–Crippen LogP) is 6.86. The van der Waals surface area contributed by atoms with Crippen molar-refractivity contribution in [2.45, 2.75) is 87.6 Å². The van der Waals surface area contributed by atoms with Crippen LogP contribution in [0, 0.1) is 22.5 Å². The maximum absolute atomic E-state index is 14.1. The number of carbonyl (C=O) groups excluding carboxylic acids is 3. The summed E-state index contributed by atoms with van der Waals surface area (Å²) < 4.78 is 108. The Hall–Kier alpha value is -5.62. The smallest absolute Gasteiger partial charge is 0.395 e. The Morgan fingerprint density at radius 2 is 1.04 bits per heavy atom. The first-order valence-electron chi connectivity index (χ1n) is 21.8. The van der Waals surface area contributed by atoms with Crippen LogP contribution in [0.4, 0.5) is 35.1 Å². The third-order valence-corrected chi connectivity index (χ3v) is 12.9. The van der Waals surface area contributed by atoms with Crippen LogP contribution >= 0.6 is 23.2 Å². The van der Waals surface area contributed by atoms with Gasteiger partial charge in [0.1, 0.15) is 23.3 Å². The zero-order valence-corrected chi connectivity index (χ0v) is 40.4. The van der Waals surface area contributed by atoms with Gasteiger partial charge in [0, 0.05) is 68.2 Å². The zero-order valence-electron chi connectivity index (χ0n) is 38.9. The summed E-state index contributed by atoms with van der Waals surface area (Å²) in [4.78, 5) is 64.9. The van der Waals surface area contributed by atoms with E-state index in [0.717, 1.165) is 5.56 Å². The van der Waals surface area contributed by atoms with Crippen LogP contribution in [0.25, 0.3) is 0 Å². The molecule has 6 rings (SSSR count). The Balaban J connectivity index is 0.000000256. The molecule has 2 heterocycles. The molecule has 2 fully saturated rings. The summed E-state index contributed by atoms with van der Waals surface area (Å²) in [7, 11) is 7.37. The maximum Gasteiger partial charge on any atom is 0.395 e. The lowest BCUT2D eigenvalue weighted by Gasteiger charge is -2.29. The number of likely N-dealkylation sites (N-methyl/N-ethyl adjacent to an activating group) is 2. The average Bonchev–Trinajstić information content (AvgIpc) is 4.21. The van der Waals surface area contributed by atoms with E-state index in [1.54, 1.807) is 31.1 Å². The van der Waals surface area contributed by atoms with Crippen molar-refractivity contribution in [3.05, 3.63) is 117 Å². The molecule has 0 saturated heterocycles. The molecule has 2 aromatic carbocycles. The van der Waals surface area contributed by atoms with Gasteiger partial charge in [-0.15, -0.1) is 0 Å². The van der Waals surface area contributed by atoms with E-state index in [4.69, 9.17) is 45.5 Å². The van der Waals surface area contributed by atoms with Gasteiger partial charge in [0.05, 0.1) is 38.4 Å². The lowest BCUT2D eigenvalue weighted by atomic mass is 9.84. The molecule has 2 saturated carbocycles. The van der Waals surface area contributed by atoms with Crippen molar-refractivity contribution >= 4 is 46.9 Å². The van der Waals surface area contributed by atoms with E-state index in [1.807, 2.05) is 19.0 Å². The first-order valence-corrected chi connectivity index (χ1v) is 22.6. The van der Waals surface area contributed by atoms with Gasteiger partial charge in [0.15, 0.2) is 0 Å². The summed E-state index contributed by atoms with van der Waals surface area (Å²) in [6.45, 7) is 0.602. The highest BCUT2D eigenvalue weighted by molar-refractivity contribution is 6.30. The number of aromatic nitrogens is 4. The van der Waals surface area contributed by atoms with Crippen LogP contribution in [0.2, 0.25) is 10.0 Å². The van der Waals surface area contributed by atoms with E-state index in [9.17, 15) is 54.3 Å². The highest BCUT2D eigenvalue weighted by Crippen LogP contribution is 2.66. The molecular weight excluding hydrogens is 995 g/mol. The third kappa shape index (κ3) is 15.4. The van der Waals surface area contributed by atoms with Gasteiger partial charge in [-0.05, 0) is 102 Å². The number of alkyl halides is 6. The van der Waals surface area contributed by atoms with Crippen molar-refractivity contribution in [1.82, 2.24) is 35.1 Å². The predicted molar refractivity (Wildman–Crippen MR) is 246 cm³/mol. The number of nitrogens with one attached hydrogen (secondary N) is 1. The number of halogens is 10. The van der Waals surface area contributed by atoms with Crippen LogP contribution in [-0.2, 0) is 22.4 Å². The number of carbonyl (C=O) groups is 4. The molecule has 2 unspecified atom stereocenters. The van der Waals surface area contributed by atoms with Crippen LogP contribution in [0.3, 0.4) is 0 Å². The lowest BCUT2D eigenvalue weighted by molar-refractivity contribution is -0.196. The second-order valence-electron chi connectivity index (χ2n) is 17.8. The van der Waals surface area contributed by atoms with Crippen molar-refractivity contribution < 1.29 is 59.4 Å². The molecule has 25 heteroatoms. The molecule has 4 atom stereocenters. The summed E-state index contributed by atoms with van der Waals surface area (Å²) >= 11 is 11.4. The molecule has 4 aromatic rings. The molecule has 15 nitrogen and oxygen atoms in total. The Morgan fingerprint density at radius 1 is 0.676 bits per heavy atom. The molecule has 2 aliphatic carbocycles. The first-order chi connectivity index (χ1) is 33.0. The number of primary amides is 2. The summed E-state index contributed by atoms with van der Waals surface area (Å²) in [5, 5.41) is 11.9. The number of nitrogens with zero attached hydrogens (tertiary/aromatic N) is 6. The fourth-order valence-corrected chi connectivity index (χ4v) is 8.09. The van der Waals surface area contributed by atoms with Crippen LogP contribution in [0.1, 0.15) is 93.9 Å². The van der Waals surface area contributed by atoms with Crippen LogP contribution in [0.15, 0.2) is 61.2 Å². The normalized spacial score (nSPS) is 16.3. The second kappa shape index (κ2) is 24.2. The molecule has 8 N–H and O–H groups in total. The number of hydrogen-bond donors (Lipinski definition) is 5. The van der Waals surface area contributed by atoms with Crippen LogP contribution in [0.5, 0.6) is 0 Å². The first kappa shape index (κ1) is 58.0. The van der Waals surface area contributed by atoms with E-state index in [-0.39, 0.29) is 77.1 Å².